The number of hydrogen-bond donors (Lipinski definition) is 2. The van der Waals surface area contributed by atoms with Gasteiger partial charge in [0, 0.05) is 17.4 Å². The zero-order chi connectivity index (χ0) is 15.2. The van der Waals surface area contributed by atoms with Gasteiger partial charge in [-0.3, -0.25) is 0 Å². The monoisotopic (exact) mass is 284 g/mol. The van der Waals surface area contributed by atoms with E-state index in [9.17, 15) is 0 Å². The van der Waals surface area contributed by atoms with E-state index in [-0.39, 0.29) is 0 Å². The molecule has 0 bridgehead atoms. The van der Waals surface area contributed by atoms with Crippen LogP contribution in [0.15, 0.2) is 42.5 Å². The number of nitrogen functional groups attached to an aromatic ring is 1. The van der Waals surface area contributed by atoms with Crippen LogP contribution >= 0.6 is 0 Å². The van der Waals surface area contributed by atoms with Crippen LogP contribution in [0.1, 0.15) is 38.7 Å². The molecule has 0 heterocycles. The summed E-state index contributed by atoms with van der Waals surface area (Å²) in [6.45, 7) is 7.14. The van der Waals surface area contributed by atoms with Gasteiger partial charge in [0.05, 0.1) is 12.3 Å². The van der Waals surface area contributed by atoms with E-state index in [1.165, 1.54) is 5.56 Å². The first-order chi connectivity index (χ1) is 10.1. The van der Waals surface area contributed by atoms with Gasteiger partial charge in [-0.25, -0.2) is 0 Å². The molecule has 2 aromatic carbocycles. The first-order valence-corrected chi connectivity index (χ1v) is 7.50. The van der Waals surface area contributed by atoms with Crippen molar-refractivity contribution in [2.24, 2.45) is 0 Å². The summed E-state index contributed by atoms with van der Waals surface area (Å²) in [7, 11) is 0. The third kappa shape index (κ3) is 3.91. The molecule has 3 N–H and O–H groups in total. The summed E-state index contributed by atoms with van der Waals surface area (Å²) in [5.74, 6) is 1.21. The van der Waals surface area contributed by atoms with E-state index in [2.05, 4.69) is 44.3 Å². The lowest BCUT2D eigenvalue weighted by Gasteiger charge is -2.16. The Hall–Kier alpha value is -2.16. The molecule has 0 saturated carbocycles. The van der Waals surface area contributed by atoms with Gasteiger partial charge in [0.1, 0.15) is 5.75 Å². The molecule has 0 saturated heterocycles. The number of benzene rings is 2. The summed E-state index contributed by atoms with van der Waals surface area (Å²) in [6, 6.07) is 14.2. The summed E-state index contributed by atoms with van der Waals surface area (Å²) >= 11 is 0. The van der Waals surface area contributed by atoms with Gasteiger partial charge < -0.3 is 15.8 Å². The summed E-state index contributed by atoms with van der Waals surface area (Å²) in [5.41, 5.74) is 10.0. The van der Waals surface area contributed by atoms with Gasteiger partial charge in [-0.1, -0.05) is 39.0 Å². The predicted octanol–water partition coefficient (Wildman–Crippen LogP) is 4.92. The van der Waals surface area contributed by atoms with Crippen molar-refractivity contribution in [3.05, 3.63) is 48.0 Å². The van der Waals surface area contributed by atoms with Crippen molar-refractivity contribution in [1.82, 2.24) is 0 Å². The van der Waals surface area contributed by atoms with E-state index < -0.39 is 0 Å². The minimum absolute atomic E-state index is 0.471. The summed E-state index contributed by atoms with van der Waals surface area (Å²) < 4.78 is 5.68. The number of nitrogens with two attached hydrogens (primary N) is 1. The van der Waals surface area contributed by atoms with Crippen molar-refractivity contribution in [2.75, 3.05) is 17.7 Å². The van der Waals surface area contributed by atoms with Crippen LogP contribution < -0.4 is 15.8 Å². The van der Waals surface area contributed by atoms with Crippen LogP contribution in [0.4, 0.5) is 17.1 Å². The molecule has 2 aromatic rings. The van der Waals surface area contributed by atoms with Crippen LogP contribution in [0.3, 0.4) is 0 Å². The Kier molecular flexibility index (Phi) is 5.09. The summed E-state index contributed by atoms with van der Waals surface area (Å²) in [5, 5.41) is 3.46. The van der Waals surface area contributed by atoms with Crippen LogP contribution in [-0.4, -0.2) is 6.61 Å². The van der Waals surface area contributed by atoms with E-state index in [1.807, 2.05) is 24.3 Å². The smallest absolute Gasteiger partial charge is 0.144 e. The molecule has 2 rings (SSSR count). The lowest BCUT2D eigenvalue weighted by molar-refractivity contribution is 0.319. The number of hydrogen-bond acceptors (Lipinski definition) is 3. The third-order valence-electron chi connectivity index (χ3n) is 3.34. The number of para-hydroxylation sites is 1. The Morgan fingerprint density at radius 1 is 1.14 bits per heavy atom. The highest BCUT2D eigenvalue weighted by molar-refractivity contribution is 5.68. The van der Waals surface area contributed by atoms with Gasteiger partial charge in [0.2, 0.25) is 0 Å². The quantitative estimate of drug-likeness (QED) is 0.740. The highest BCUT2D eigenvalue weighted by Gasteiger charge is 2.07. The van der Waals surface area contributed by atoms with Crippen molar-refractivity contribution in [2.45, 2.75) is 33.1 Å². The number of nitrogens with one attached hydrogen (secondary N) is 1. The van der Waals surface area contributed by atoms with E-state index in [1.54, 1.807) is 0 Å². The molecule has 3 nitrogen and oxygen atoms in total. The zero-order valence-corrected chi connectivity index (χ0v) is 13.0. The van der Waals surface area contributed by atoms with Gasteiger partial charge in [0.15, 0.2) is 0 Å². The fourth-order valence-electron chi connectivity index (χ4n) is 2.22. The standard InChI is InChI=1S/C18H24N2O/c1-4-11-21-18-12-14(9-10-16(18)19)20-17-8-6-5-7-15(17)13(2)3/h5-10,12-13,20H,4,11,19H2,1-3H3. The van der Waals surface area contributed by atoms with Gasteiger partial charge in [-0.2, -0.15) is 0 Å². The van der Waals surface area contributed by atoms with Gasteiger partial charge in [-0.05, 0) is 36.1 Å². The second-order valence-electron chi connectivity index (χ2n) is 5.47. The fourth-order valence-corrected chi connectivity index (χ4v) is 2.22. The SMILES string of the molecule is CCCOc1cc(Nc2ccccc2C(C)C)ccc1N. The van der Waals surface area contributed by atoms with Crippen molar-refractivity contribution in [3.8, 4) is 5.75 Å². The number of anilines is 3. The van der Waals surface area contributed by atoms with Crippen LogP contribution in [0, 0.1) is 0 Å². The molecule has 0 aliphatic rings. The Labute approximate surface area is 127 Å². The molecule has 0 aliphatic heterocycles. The molecule has 0 spiro atoms. The Morgan fingerprint density at radius 2 is 1.90 bits per heavy atom. The topological polar surface area (TPSA) is 47.3 Å². The minimum Gasteiger partial charge on any atom is -0.491 e. The van der Waals surface area contributed by atoms with Crippen LogP contribution in [0.2, 0.25) is 0 Å². The van der Waals surface area contributed by atoms with Gasteiger partial charge in [-0.15, -0.1) is 0 Å². The molecule has 0 atom stereocenters. The molecular weight excluding hydrogens is 260 g/mol. The molecule has 0 amide bonds. The van der Waals surface area contributed by atoms with E-state index in [4.69, 9.17) is 10.5 Å². The van der Waals surface area contributed by atoms with Crippen molar-refractivity contribution in [1.29, 1.82) is 0 Å². The zero-order valence-electron chi connectivity index (χ0n) is 13.0. The Balaban J connectivity index is 2.24. The first-order valence-electron chi connectivity index (χ1n) is 7.50. The summed E-state index contributed by atoms with van der Waals surface area (Å²) in [6.07, 6.45) is 0.966. The lowest BCUT2D eigenvalue weighted by atomic mass is 10.0. The Morgan fingerprint density at radius 3 is 2.62 bits per heavy atom. The molecular formula is C18H24N2O. The number of ether oxygens (including phenoxy) is 1. The third-order valence-corrected chi connectivity index (χ3v) is 3.34. The lowest BCUT2D eigenvalue weighted by Crippen LogP contribution is -2.01. The number of rotatable bonds is 6. The highest BCUT2D eigenvalue weighted by Crippen LogP contribution is 2.30. The molecule has 112 valence electrons. The molecule has 0 fully saturated rings. The maximum absolute atomic E-state index is 5.95. The molecule has 0 aromatic heterocycles. The summed E-state index contributed by atoms with van der Waals surface area (Å²) in [4.78, 5) is 0. The van der Waals surface area contributed by atoms with Gasteiger partial charge >= 0.3 is 0 Å². The van der Waals surface area contributed by atoms with Gasteiger partial charge in [0.25, 0.3) is 0 Å². The second kappa shape index (κ2) is 7.02. The maximum atomic E-state index is 5.95. The van der Waals surface area contributed by atoms with E-state index in [0.29, 0.717) is 18.2 Å². The van der Waals surface area contributed by atoms with E-state index >= 15 is 0 Å². The normalized spacial score (nSPS) is 10.7. The Bertz CT molecular complexity index is 594. The van der Waals surface area contributed by atoms with Crippen molar-refractivity contribution < 1.29 is 4.74 Å². The largest absolute Gasteiger partial charge is 0.491 e. The molecule has 3 heteroatoms. The molecule has 0 unspecified atom stereocenters. The average molecular weight is 284 g/mol. The fraction of sp³-hybridized carbons (Fsp3) is 0.333. The molecule has 0 radical (unpaired) electrons. The van der Waals surface area contributed by atoms with Crippen molar-refractivity contribution in [3.63, 3.8) is 0 Å². The van der Waals surface area contributed by atoms with Crippen LogP contribution in [0.25, 0.3) is 0 Å². The van der Waals surface area contributed by atoms with E-state index in [0.717, 1.165) is 23.5 Å². The highest BCUT2D eigenvalue weighted by atomic mass is 16.5. The predicted molar refractivity (Wildman–Crippen MR) is 90.5 cm³/mol. The molecule has 0 aliphatic carbocycles. The average Bonchev–Trinajstić information content (AvgIpc) is 2.48. The van der Waals surface area contributed by atoms with Crippen molar-refractivity contribution >= 4 is 17.1 Å². The molecule has 21 heavy (non-hydrogen) atoms. The van der Waals surface area contributed by atoms with Crippen LogP contribution in [0.5, 0.6) is 5.75 Å². The maximum Gasteiger partial charge on any atom is 0.144 e. The second-order valence-corrected chi connectivity index (χ2v) is 5.47. The first kappa shape index (κ1) is 15.2. The minimum atomic E-state index is 0.471. The van der Waals surface area contributed by atoms with Crippen LogP contribution in [-0.2, 0) is 0 Å².